The second kappa shape index (κ2) is 8.83. The van der Waals surface area contributed by atoms with Crippen LogP contribution in [0.3, 0.4) is 0 Å². The number of carbonyl (C=O) groups excluding carboxylic acids is 1. The molecule has 0 aromatic heterocycles. The van der Waals surface area contributed by atoms with Crippen molar-refractivity contribution >= 4 is 27.5 Å². The molecule has 0 saturated heterocycles. The van der Waals surface area contributed by atoms with Crippen LogP contribution in [-0.4, -0.2) is 37.8 Å². The molecule has 1 aliphatic carbocycles. The van der Waals surface area contributed by atoms with E-state index in [0.717, 1.165) is 30.0 Å². The Kier molecular flexibility index (Phi) is 7.04. The van der Waals surface area contributed by atoms with Gasteiger partial charge < -0.3 is 5.32 Å². The van der Waals surface area contributed by atoms with Gasteiger partial charge in [-0.2, -0.15) is 4.31 Å². The van der Waals surface area contributed by atoms with Gasteiger partial charge in [-0.25, -0.2) is 8.42 Å². The third-order valence-corrected chi connectivity index (χ3v) is 6.56. The number of benzene rings is 1. The second-order valence-electron chi connectivity index (χ2n) is 6.56. The quantitative estimate of drug-likeness (QED) is 0.734. The zero-order valence-electron chi connectivity index (χ0n) is 14.4. The van der Waals surface area contributed by atoms with Gasteiger partial charge in [0.05, 0.1) is 11.4 Å². The summed E-state index contributed by atoms with van der Waals surface area (Å²) in [6.45, 7) is 5.66. The molecule has 0 aliphatic heterocycles. The van der Waals surface area contributed by atoms with Gasteiger partial charge in [-0.3, -0.25) is 4.79 Å². The van der Waals surface area contributed by atoms with Crippen molar-refractivity contribution in [2.45, 2.75) is 43.5 Å². The van der Waals surface area contributed by atoms with E-state index in [-0.39, 0.29) is 29.9 Å². The summed E-state index contributed by atoms with van der Waals surface area (Å²) in [5.41, 5.74) is 0. The Balaban J connectivity index is 2.05. The number of rotatable bonds is 7. The van der Waals surface area contributed by atoms with E-state index in [4.69, 9.17) is 11.6 Å². The molecule has 25 heavy (non-hydrogen) atoms. The number of carbonyl (C=O) groups is 1. The minimum absolute atomic E-state index is 0.0695. The van der Waals surface area contributed by atoms with E-state index in [2.05, 4.69) is 18.8 Å². The average Bonchev–Trinajstić information content (AvgIpc) is 2.57. The van der Waals surface area contributed by atoms with Gasteiger partial charge in [-0.15, -0.1) is 6.58 Å². The van der Waals surface area contributed by atoms with Crippen LogP contribution in [0.25, 0.3) is 0 Å². The molecule has 1 N–H and O–H groups in total. The lowest BCUT2D eigenvalue weighted by molar-refractivity contribution is -0.122. The smallest absolute Gasteiger partial charge is 0.243 e. The van der Waals surface area contributed by atoms with Crippen LogP contribution in [-0.2, 0) is 14.8 Å². The minimum atomic E-state index is -3.78. The van der Waals surface area contributed by atoms with Crippen molar-refractivity contribution in [3.05, 3.63) is 41.9 Å². The fourth-order valence-electron chi connectivity index (χ4n) is 2.99. The van der Waals surface area contributed by atoms with Crippen LogP contribution >= 0.6 is 11.6 Å². The molecule has 5 nitrogen and oxygen atoms in total. The molecular formula is C18H25ClN2O3S. The molecule has 1 saturated carbocycles. The van der Waals surface area contributed by atoms with Crippen LogP contribution in [0.2, 0.25) is 5.02 Å². The largest absolute Gasteiger partial charge is 0.352 e. The molecule has 0 atom stereocenters. The maximum atomic E-state index is 12.8. The van der Waals surface area contributed by atoms with Gasteiger partial charge in [0.15, 0.2) is 0 Å². The van der Waals surface area contributed by atoms with Crippen molar-refractivity contribution < 1.29 is 13.2 Å². The van der Waals surface area contributed by atoms with E-state index in [1.54, 1.807) is 0 Å². The van der Waals surface area contributed by atoms with E-state index in [9.17, 15) is 13.2 Å². The molecule has 1 aliphatic rings. The molecule has 1 aromatic rings. The Morgan fingerprint density at radius 1 is 1.28 bits per heavy atom. The fraction of sp³-hybridized carbons (Fsp3) is 0.500. The first-order valence-corrected chi connectivity index (χ1v) is 10.3. The predicted octanol–water partition coefficient (Wildman–Crippen LogP) is 3.21. The first-order chi connectivity index (χ1) is 11.8. The van der Waals surface area contributed by atoms with E-state index in [1.807, 2.05) is 0 Å². The zero-order chi connectivity index (χ0) is 18.4. The van der Waals surface area contributed by atoms with Crippen molar-refractivity contribution in [2.24, 2.45) is 5.92 Å². The Morgan fingerprint density at radius 2 is 1.88 bits per heavy atom. The summed E-state index contributed by atoms with van der Waals surface area (Å²) in [6.07, 6.45) is 5.54. The lowest BCUT2D eigenvalue weighted by Crippen LogP contribution is -2.45. The van der Waals surface area contributed by atoms with E-state index in [0.29, 0.717) is 10.9 Å². The van der Waals surface area contributed by atoms with Crippen LogP contribution in [0.4, 0.5) is 0 Å². The van der Waals surface area contributed by atoms with Gasteiger partial charge in [-0.1, -0.05) is 24.6 Å². The highest BCUT2D eigenvalue weighted by atomic mass is 35.5. The summed E-state index contributed by atoms with van der Waals surface area (Å²) in [7, 11) is -3.78. The van der Waals surface area contributed by atoms with Crippen molar-refractivity contribution in [3.8, 4) is 0 Å². The van der Waals surface area contributed by atoms with Crippen molar-refractivity contribution in [2.75, 3.05) is 13.1 Å². The number of nitrogens with one attached hydrogen (secondary N) is 1. The highest BCUT2D eigenvalue weighted by Crippen LogP contribution is 2.23. The molecular weight excluding hydrogens is 360 g/mol. The van der Waals surface area contributed by atoms with E-state index >= 15 is 0 Å². The Hall–Kier alpha value is -1.37. The summed E-state index contributed by atoms with van der Waals surface area (Å²) >= 11 is 5.82. The lowest BCUT2D eigenvalue weighted by Gasteiger charge is -2.28. The molecule has 0 spiro atoms. The molecule has 0 heterocycles. The first kappa shape index (κ1) is 19.9. The summed E-state index contributed by atoms with van der Waals surface area (Å²) in [4.78, 5) is 12.4. The molecule has 0 bridgehead atoms. The van der Waals surface area contributed by atoms with Crippen LogP contribution in [0.5, 0.6) is 0 Å². The average molecular weight is 385 g/mol. The maximum Gasteiger partial charge on any atom is 0.243 e. The van der Waals surface area contributed by atoms with Crippen molar-refractivity contribution in [1.82, 2.24) is 9.62 Å². The van der Waals surface area contributed by atoms with Crippen LogP contribution in [0.15, 0.2) is 41.8 Å². The lowest BCUT2D eigenvalue weighted by atomic mass is 9.87. The zero-order valence-corrected chi connectivity index (χ0v) is 16.0. The Labute approximate surface area is 155 Å². The van der Waals surface area contributed by atoms with E-state index in [1.165, 1.54) is 30.3 Å². The van der Waals surface area contributed by atoms with Gasteiger partial charge in [-0.05, 0) is 55.9 Å². The van der Waals surface area contributed by atoms with Gasteiger partial charge >= 0.3 is 0 Å². The molecule has 7 heteroatoms. The van der Waals surface area contributed by atoms with Gasteiger partial charge in [0.25, 0.3) is 0 Å². The molecule has 0 unspecified atom stereocenters. The molecule has 0 radical (unpaired) electrons. The standard InChI is InChI=1S/C18H25ClN2O3S/c1-3-12-21(25(23,24)17-10-6-15(19)7-11-17)13-18(22)20-16-8-4-14(2)5-9-16/h3,6-7,10-11,14,16H,1,4-5,8-9,12-13H2,2H3,(H,20,22). The van der Waals surface area contributed by atoms with Gasteiger partial charge in [0.2, 0.25) is 15.9 Å². The number of amides is 1. The normalized spacial score (nSPS) is 21.1. The molecule has 1 amide bonds. The fourth-order valence-corrected chi connectivity index (χ4v) is 4.48. The number of sulfonamides is 1. The summed E-state index contributed by atoms with van der Waals surface area (Å²) in [5.74, 6) is 0.412. The van der Waals surface area contributed by atoms with Crippen LogP contribution < -0.4 is 5.32 Å². The number of hydrogen-bond donors (Lipinski definition) is 1. The van der Waals surface area contributed by atoms with E-state index < -0.39 is 10.0 Å². The highest BCUT2D eigenvalue weighted by Gasteiger charge is 2.27. The third-order valence-electron chi connectivity index (χ3n) is 4.49. The number of halogens is 1. The SMILES string of the molecule is C=CCN(CC(=O)NC1CCC(C)CC1)S(=O)(=O)c1ccc(Cl)cc1. The summed E-state index contributed by atoms with van der Waals surface area (Å²) in [6, 6.07) is 6.04. The molecule has 2 rings (SSSR count). The molecule has 138 valence electrons. The third kappa shape index (κ3) is 5.56. The molecule has 1 aromatic carbocycles. The number of hydrogen-bond acceptors (Lipinski definition) is 3. The number of nitrogens with zero attached hydrogens (tertiary/aromatic N) is 1. The Bertz CT molecular complexity index is 696. The monoisotopic (exact) mass is 384 g/mol. The van der Waals surface area contributed by atoms with Crippen LogP contribution in [0.1, 0.15) is 32.6 Å². The predicted molar refractivity (Wildman–Crippen MR) is 100.0 cm³/mol. The highest BCUT2D eigenvalue weighted by molar-refractivity contribution is 7.89. The van der Waals surface area contributed by atoms with Crippen molar-refractivity contribution in [3.63, 3.8) is 0 Å². The minimum Gasteiger partial charge on any atom is -0.352 e. The Morgan fingerprint density at radius 3 is 2.44 bits per heavy atom. The summed E-state index contributed by atoms with van der Waals surface area (Å²) in [5, 5.41) is 3.42. The van der Waals surface area contributed by atoms with Gasteiger partial charge in [0.1, 0.15) is 0 Å². The topological polar surface area (TPSA) is 66.5 Å². The summed E-state index contributed by atoms with van der Waals surface area (Å²) < 4.78 is 26.6. The van der Waals surface area contributed by atoms with Gasteiger partial charge in [0, 0.05) is 17.6 Å². The maximum absolute atomic E-state index is 12.8. The first-order valence-electron chi connectivity index (χ1n) is 8.49. The van der Waals surface area contributed by atoms with Crippen LogP contribution in [0, 0.1) is 5.92 Å². The second-order valence-corrected chi connectivity index (χ2v) is 8.94. The molecule has 1 fully saturated rings. The van der Waals surface area contributed by atoms with Crippen molar-refractivity contribution in [1.29, 1.82) is 0 Å².